The molecule has 3 aromatic carbocycles. The van der Waals surface area contributed by atoms with E-state index in [0.717, 1.165) is 58.5 Å². The third kappa shape index (κ3) is 7.72. The minimum absolute atomic E-state index is 0.0843. The lowest BCUT2D eigenvalue weighted by Crippen LogP contribution is -2.54. The molecule has 4 rings (SSSR count). The number of rotatable bonds is 11. The zero-order chi connectivity index (χ0) is 28.7. The van der Waals surface area contributed by atoms with Crippen LogP contribution in [0.15, 0.2) is 78.9 Å². The average Bonchev–Trinajstić information content (AvgIpc) is 3.43. The van der Waals surface area contributed by atoms with Gasteiger partial charge in [-0.2, -0.15) is 0 Å². The lowest BCUT2D eigenvalue weighted by Gasteiger charge is -2.34. The standard InChI is InChI=1S/C32H39N3O4S/c1-24-12-11-19-29(20-24)35(40(3,38)39)23-31(36)34(22-27-16-8-7-13-25(27)2)30(21-26-14-5-4-6-15-26)32(37)33-28-17-9-10-18-28/h4-8,11-16,19-20,28,30H,9-10,17-18,21-23H2,1-3H3,(H,33,37). The number of sulfonamides is 1. The molecule has 0 heterocycles. The molecule has 1 fully saturated rings. The largest absolute Gasteiger partial charge is 0.352 e. The summed E-state index contributed by atoms with van der Waals surface area (Å²) in [5, 5.41) is 3.19. The monoisotopic (exact) mass is 561 g/mol. The first-order chi connectivity index (χ1) is 19.1. The van der Waals surface area contributed by atoms with Crippen LogP contribution in [-0.4, -0.2) is 50.0 Å². The summed E-state index contributed by atoms with van der Waals surface area (Å²) in [5.74, 6) is -0.642. The van der Waals surface area contributed by atoms with Crippen LogP contribution in [0.4, 0.5) is 5.69 Å². The van der Waals surface area contributed by atoms with Gasteiger partial charge in [-0.25, -0.2) is 8.42 Å². The van der Waals surface area contributed by atoms with Crippen LogP contribution in [0.1, 0.15) is 47.9 Å². The lowest BCUT2D eigenvalue weighted by atomic mass is 10.0. The van der Waals surface area contributed by atoms with Crippen molar-refractivity contribution in [1.29, 1.82) is 0 Å². The number of hydrogen-bond donors (Lipinski definition) is 1. The van der Waals surface area contributed by atoms with E-state index in [1.807, 2.05) is 74.5 Å². The second kappa shape index (κ2) is 13.1. The van der Waals surface area contributed by atoms with Gasteiger partial charge in [-0.15, -0.1) is 0 Å². The Labute approximate surface area is 238 Å². The average molecular weight is 562 g/mol. The first kappa shape index (κ1) is 29.3. The highest BCUT2D eigenvalue weighted by Crippen LogP contribution is 2.23. The molecule has 40 heavy (non-hydrogen) atoms. The van der Waals surface area contributed by atoms with Gasteiger partial charge >= 0.3 is 0 Å². The quantitative estimate of drug-likeness (QED) is 0.366. The van der Waals surface area contributed by atoms with E-state index < -0.39 is 28.5 Å². The molecule has 1 unspecified atom stereocenters. The fourth-order valence-corrected chi connectivity index (χ4v) is 6.13. The van der Waals surface area contributed by atoms with Crippen LogP contribution in [0, 0.1) is 13.8 Å². The Morgan fingerprint density at radius 1 is 0.925 bits per heavy atom. The van der Waals surface area contributed by atoms with E-state index >= 15 is 0 Å². The van der Waals surface area contributed by atoms with Crippen LogP contribution < -0.4 is 9.62 Å². The van der Waals surface area contributed by atoms with Gasteiger partial charge in [-0.3, -0.25) is 13.9 Å². The van der Waals surface area contributed by atoms with Crippen LogP contribution in [0.25, 0.3) is 0 Å². The van der Waals surface area contributed by atoms with E-state index in [1.165, 1.54) is 0 Å². The number of carbonyl (C=O) groups excluding carboxylic acids is 2. The number of nitrogens with one attached hydrogen (secondary N) is 1. The molecular weight excluding hydrogens is 522 g/mol. The van der Waals surface area contributed by atoms with Crippen LogP contribution in [0.3, 0.4) is 0 Å². The highest BCUT2D eigenvalue weighted by molar-refractivity contribution is 7.92. The maximum atomic E-state index is 14.2. The number of carbonyl (C=O) groups is 2. The zero-order valence-electron chi connectivity index (χ0n) is 23.5. The number of anilines is 1. The first-order valence-corrected chi connectivity index (χ1v) is 15.7. The summed E-state index contributed by atoms with van der Waals surface area (Å²) in [6.07, 6.45) is 5.40. The van der Waals surface area contributed by atoms with Crippen molar-refractivity contribution in [2.45, 2.75) is 64.6 Å². The van der Waals surface area contributed by atoms with Gasteiger partial charge in [0.05, 0.1) is 11.9 Å². The minimum atomic E-state index is -3.78. The molecule has 1 atom stereocenters. The summed E-state index contributed by atoms with van der Waals surface area (Å²) in [7, 11) is -3.78. The third-order valence-corrected chi connectivity index (χ3v) is 8.68. The topological polar surface area (TPSA) is 86.8 Å². The van der Waals surface area contributed by atoms with Crippen LogP contribution >= 0.6 is 0 Å². The smallest absolute Gasteiger partial charge is 0.244 e. The molecule has 1 N–H and O–H groups in total. The van der Waals surface area contributed by atoms with E-state index in [9.17, 15) is 18.0 Å². The molecule has 0 spiro atoms. The molecule has 7 nitrogen and oxygen atoms in total. The molecule has 0 aromatic heterocycles. The van der Waals surface area contributed by atoms with Gasteiger partial charge in [0.2, 0.25) is 21.8 Å². The Hall–Kier alpha value is -3.65. The number of benzene rings is 3. The van der Waals surface area contributed by atoms with Gasteiger partial charge in [0, 0.05) is 19.0 Å². The van der Waals surface area contributed by atoms with Crippen molar-refractivity contribution in [3.05, 3.63) is 101 Å². The van der Waals surface area contributed by atoms with E-state index in [-0.39, 0.29) is 18.5 Å². The maximum Gasteiger partial charge on any atom is 0.244 e. The Balaban J connectivity index is 1.73. The van der Waals surface area contributed by atoms with Crippen LogP contribution in [0.2, 0.25) is 0 Å². The van der Waals surface area contributed by atoms with E-state index in [1.54, 1.807) is 23.1 Å². The summed E-state index contributed by atoms with van der Waals surface area (Å²) in [5.41, 5.74) is 4.13. The molecule has 3 aromatic rings. The highest BCUT2D eigenvalue weighted by Gasteiger charge is 2.34. The molecule has 0 bridgehead atoms. The first-order valence-electron chi connectivity index (χ1n) is 13.8. The predicted octanol–water partition coefficient (Wildman–Crippen LogP) is 4.77. The van der Waals surface area contributed by atoms with Crippen molar-refractivity contribution in [3.63, 3.8) is 0 Å². The molecule has 2 amide bonds. The van der Waals surface area contributed by atoms with E-state index in [0.29, 0.717) is 12.1 Å². The van der Waals surface area contributed by atoms with Crippen molar-refractivity contribution >= 4 is 27.5 Å². The van der Waals surface area contributed by atoms with Crippen molar-refractivity contribution in [2.75, 3.05) is 17.1 Å². The number of nitrogens with zero attached hydrogens (tertiary/aromatic N) is 2. The van der Waals surface area contributed by atoms with Crippen LogP contribution in [0.5, 0.6) is 0 Å². The minimum Gasteiger partial charge on any atom is -0.352 e. The molecule has 0 radical (unpaired) electrons. The lowest BCUT2D eigenvalue weighted by molar-refractivity contribution is -0.140. The Bertz CT molecular complexity index is 1420. The van der Waals surface area contributed by atoms with E-state index in [2.05, 4.69) is 5.32 Å². The SMILES string of the molecule is Cc1cccc(N(CC(=O)N(Cc2ccccc2C)C(Cc2ccccc2)C(=O)NC2CCCC2)S(C)(=O)=O)c1. The van der Waals surface area contributed by atoms with Gasteiger partial charge in [0.25, 0.3) is 0 Å². The predicted molar refractivity (Wildman–Crippen MR) is 159 cm³/mol. The third-order valence-electron chi connectivity index (χ3n) is 7.54. The number of hydrogen-bond acceptors (Lipinski definition) is 4. The van der Waals surface area contributed by atoms with Crippen LogP contribution in [-0.2, 0) is 32.6 Å². The van der Waals surface area contributed by atoms with Gasteiger partial charge < -0.3 is 10.2 Å². The number of amides is 2. The van der Waals surface area contributed by atoms with E-state index in [4.69, 9.17) is 0 Å². The summed E-state index contributed by atoms with van der Waals surface area (Å²) in [4.78, 5) is 29.6. The van der Waals surface area contributed by atoms with Crippen molar-refractivity contribution in [2.24, 2.45) is 0 Å². The fraction of sp³-hybridized carbons (Fsp3) is 0.375. The fourth-order valence-electron chi connectivity index (χ4n) is 5.29. The van der Waals surface area contributed by atoms with Gasteiger partial charge in [-0.1, -0.05) is 79.6 Å². The molecule has 1 aliphatic carbocycles. The second-order valence-electron chi connectivity index (χ2n) is 10.8. The van der Waals surface area contributed by atoms with Crippen molar-refractivity contribution in [1.82, 2.24) is 10.2 Å². The Morgan fingerprint density at radius 3 is 2.25 bits per heavy atom. The molecule has 212 valence electrons. The summed E-state index contributed by atoms with van der Waals surface area (Å²) >= 11 is 0. The normalized spacial score (nSPS) is 14.5. The molecule has 0 aliphatic heterocycles. The molecule has 1 saturated carbocycles. The van der Waals surface area contributed by atoms with Gasteiger partial charge in [0.15, 0.2) is 0 Å². The molecule has 1 aliphatic rings. The van der Waals surface area contributed by atoms with Crippen molar-refractivity contribution < 1.29 is 18.0 Å². The summed E-state index contributed by atoms with van der Waals surface area (Å²) < 4.78 is 27.0. The highest BCUT2D eigenvalue weighted by atomic mass is 32.2. The molecule has 0 saturated heterocycles. The van der Waals surface area contributed by atoms with Crippen molar-refractivity contribution in [3.8, 4) is 0 Å². The Morgan fingerprint density at radius 2 is 1.60 bits per heavy atom. The summed E-state index contributed by atoms with van der Waals surface area (Å²) in [6.45, 7) is 3.63. The number of aryl methyl sites for hydroxylation is 2. The second-order valence-corrected chi connectivity index (χ2v) is 12.7. The van der Waals surface area contributed by atoms with Gasteiger partial charge in [0.1, 0.15) is 12.6 Å². The maximum absolute atomic E-state index is 14.2. The van der Waals surface area contributed by atoms with Gasteiger partial charge in [-0.05, 0) is 61.1 Å². The summed E-state index contributed by atoms with van der Waals surface area (Å²) in [6, 6.07) is 23.7. The Kier molecular flexibility index (Phi) is 9.63. The zero-order valence-corrected chi connectivity index (χ0v) is 24.4. The molecular formula is C32H39N3O4S. The molecule has 8 heteroatoms.